The van der Waals surface area contributed by atoms with Gasteiger partial charge in [-0.25, -0.2) is 4.79 Å². The van der Waals surface area contributed by atoms with Gasteiger partial charge in [-0.15, -0.1) is 0 Å². The zero-order valence-corrected chi connectivity index (χ0v) is 8.37. The Morgan fingerprint density at radius 2 is 2.38 bits per heavy atom. The molecule has 1 amide bonds. The van der Waals surface area contributed by atoms with Crippen molar-refractivity contribution in [1.29, 1.82) is 0 Å². The van der Waals surface area contributed by atoms with E-state index in [4.69, 9.17) is 4.74 Å². The van der Waals surface area contributed by atoms with Gasteiger partial charge >= 0.3 is 6.09 Å². The van der Waals surface area contributed by atoms with Crippen LogP contribution < -0.4 is 5.32 Å². The fourth-order valence-corrected chi connectivity index (χ4v) is 1.70. The first kappa shape index (κ1) is 8.56. The highest BCUT2D eigenvalue weighted by Crippen LogP contribution is 2.21. The number of carbonyl (C=O) groups is 1. The van der Waals surface area contributed by atoms with E-state index in [-0.39, 0.29) is 12.1 Å². The fraction of sp³-hybridized carbons (Fsp3) is 0.222. The molecule has 13 heavy (non-hydrogen) atoms. The molecule has 1 aliphatic heterocycles. The number of hydrogen-bond donors (Lipinski definition) is 1. The molecule has 1 aliphatic rings. The first-order valence-electron chi connectivity index (χ1n) is 3.94. The highest BCUT2D eigenvalue weighted by molar-refractivity contribution is 9.10. The van der Waals surface area contributed by atoms with Crippen LogP contribution in [-0.2, 0) is 4.74 Å². The molecule has 1 atom stereocenters. The lowest BCUT2D eigenvalue weighted by atomic mass is 10.1. The highest BCUT2D eigenvalue weighted by atomic mass is 79.9. The van der Waals surface area contributed by atoms with Crippen LogP contribution in [-0.4, -0.2) is 12.7 Å². The molecule has 2 rings (SSSR count). The van der Waals surface area contributed by atoms with E-state index in [9.17, 15) is 4.79 Å². The smallest absolute Gasteiger partial charge is 0.407 e. The molecule has 1 saturated heterocycles. The first-order chi connectivity index (χ1) is 6.25. The van der Waals surface area contributed by atoms with Gasteiger partial charge in [0, 0.05) is 4.47 Å². The predicted molar refractivity (Wildman–Crippen MR) is 51.4 cm³/mol. The van der Waals surface area contributed by atoms with Gasteiger partial charge in [-0.05, 0) is 17.7 Å². The Morgan fingerprint density at radius 3 is 3.00 bits per heavy atom. The Bertz CT molecular complexity index is 340. The molecule has 3 nitrogen and oxygen atoms in total. The van der Waals surface area contributed by atoms with Gasteiger partial charge in [0.15, 0.2) is 0 Å². The Kier molecular flexibility index (Phi) is 2.22. The predicted octanol–water partition coefficient (Wildman–Crippen LogP) is 2.23. The molecule has 1 fully saturated rings. The lowest BCUT2D eigenvalue weighted by Gasteiger charge is -2.06. The zero-order chi connectivity index (χ0) is 9.26. The molecular weight excluding hydrogens is 234 g/mol. The van der Waals surface area contributed by atoms with Gasteiger partial charge in [-0.3, -0.25) is 0 Å². The fourth-order valence-electron chi connectivity index (χ4n) is 1.29. The van der Waals surface area contributed by atoms with E-state index in [1.807, 2.05) is 24.3 Å². The quantitative estimate of drug-likeness (QED) is 0.819. The highest BCUT2D eigenvalue weighted by Gasteiger charge is 2.23. The summed E-state index contributed by atoms with van der Waals surface area (Å²) in [6, 6.07) is 7.81. The number of benzene rings is 1. The molecule has 1 heterocycles. The number of nitrogens with one attached hydrogen (secondary N) is 1. The van der Waals surface area contributed by atoms with Gasteiger partial charge in [0.2, 0.25) is 0 Å². The van der Waals surface area contributed by atoms with Crippen molar-refractivity contribution in [1.82, 2.24) is 5.32 Å². The summed E-state index contributed by atoms with van der Waals surface area (Å²) in [4.78, 5) is 10.8. The Balaban J connectivity index is 2.21. The number of cyclic esters (lactones) is 1. The van der Waals surface area contributed by atoms with Crippen molar-refractivity contribution < 1.29 is 9.53 Å². The topological polar surface area (TPSA) is 38.3 Å². The zero-order valence-electron chi connectivity index (χ0n) is 6.79. The minimum absolute atomic E-state index is 0.00926. The second-order valence-corrected chi connectivity index (χ2v) is 3.77. The molecule has 0 radical (unpaired) electrons. The Labute approximate surface area is 84.2 Å². The molecule has 0 unspecified atom stereocenters. The molecular formula is C9H8BrNO2. The maximum Gasteiger partial charge on any atom is 0.407 e. The van der Waals surface area contributed by atoms with E-state index >= 15 is 0 Å². The maximum atomic E-state index is 10.8. The molecule has 1 aromatic rings. The lowest BCUT2D eigenvalue weighted by Crippen LogP contribution is -2.18. The number of ether oxygens (including phenoxy) is 1. The normalized spacial score (nSPS) is 21.0. The summed E-state index contributed by atoms with van der Waals surface area (Å²) < 4.78 is 5.80. The van der Waals surface area contributed by atoms with Crippen LogP contribution in [0.3, 0.4) is 0 Å². The monoisotopic (exact) mass is 241 g/mol. The lowest BCUT2D eigenvalue weighted by molar-refractivity contribution is 0.177. The van der Waals surface area contributed by atoms with Crippen molar-refractivity contribution in [3.63, 3.8) is 0 Å². The van der Waals surface area contributed by atoms with Crippen molar-refractivity contribution in [2.24, 2.45) is 0 Å². The summed E-state index contributed by atoms with van der Waals surface area (Å²) >= 11 is 3.37. The molecule has 0 spiro atoms. The van der Waals surface area contributed by atoms with Crippen LogP contribution in [0.1, 0.15) is 11.6 Å². The summed E-state index contributed by atoms with van der Waals surface area (Å²) in [5, 5.41) is 2.72. The standard InChI is InChI=1S/C9H8BrNO2/c10-7-3-1-2-6(4-7)8-5-13-9(12)11-8/h1-4,8H,5H2,(H,11,12)/t8-/m0/s1. The molecule has 68 valence electrons. The number of hydrogen-bond acceptors (Lipinski definition) is 2. The van der Waals surface area contributed by atoms with Gasteiger partial charge in [0.05, 0.1) is 6.04 Å². The van der Waals surface area contributed by atoms with Gasteiger partial charge < -0.3 is 10.1 Å². The summed E-state index contributed by atoms with van der Waals surface area (Å²) in [7, 11) is 0. The van der Waals surface area contributed by atoms with E-state index in [1.165, 1.54) is 0 Å². The van der Waals surface area contributed by atoms with E-state index in [0.29, 0.717) is 6.61 Å². The van der Waals surface area contributed by atoms with Crippen molar-refractivity contribution in [3.8, 4) is 0 Å². The number of halogens is 1. The third-order valence-electron chi connectivity index (χ3n) is 1.92. The van der Waals surface area contributed by atoms with E-state index in [1.54, 1.807) is 0 Å². The molecule has 0 aliphatic carbocycles. The second-order valence-electron chi connectivity index (χ2n) is 2.85. The second kappa shape index (κ2) is 3.38. The van der Waals surface area contributed by atoms with Crippen LogP contribution in [0.2, 0.25) is 0 Å². The van der Waals surface area contributed by atoms with Crippen LogP contribution in [0, 0.1) is 0 Å². The van der Waals surface area contributed by atoms with Gasteiger partial charge in [-0.2, -0.15) is 0 Å². The minimum atomic E-state index is -0.343. The molecule has 4 heteroatoms. The summed E-state index contributed by atoms with van der Waals surface area (Å²) in [5.74, 6) is 0. The van der Waals surface area contributed by atoms with Crippen molar-refractivity contribution >= 4 is 22.0 Å². The van der Waals surface area contributed by atoms with Gasteiger partial charge in [0.25, 0.3) is 0 Å². The number of amides is 1. The van der Waals surface area contributed by atoms with Crippen LogP contribution in [0.25, 0.3) is 0 Å². The molecule has 0 saturated carbocycles. The van der Waals surface area contributed by atoms with Crippen LogP contribution in [0.15, 0.2) is 28.7 Å². The van der Waals surface area contributed by atoms with E-state index in [2.05, 4.69) is 21.2 Å². The Morgan fingerprint density at radius 1 is 1.54 bits per heavy atom. The van der Waals surface area contributed by atoms with E-state index < -0.39 is 0 Å². The number of carbonyl (C=O) groups excluding carboxylic acids is 1. The van der Waals surface area contributed by atoms with Crippen molar-refractivity contribution in [2.75, 3.05) is 6.61 Å². The average Bonchev–Trinajstić information content (AvgIpc) is 2.52. The molecule has 1 N–H and O–H groups in total. The summed E-state index contributed by atoms with van der Waals surface area (Å²) in [5.41, 5.74) is 1.06. The summed E-state index contributed by atoms with van der Waals surface area (Å²) in [6.45, 7) is 0.412. The van der Waals surface area contributed by atoms with Gasteiger partial charge in [-0.1, -0.05) is 28.1 Å². The summed E-state index contributed by atoms with van der Waals surface area (Å²) in [6.07, 6.45) is -0.343. The van der Waals surface area contributed by atoms with Crippen LogP contribution >= 0.6 is 15.9 Å². The number of alkyl carbamates (subject to hydrolysis) is 1. The van der Waals surface area contributed by atoms with Crippen LogP contribution in [0.5, 0.6) is 0 Å². The largest absolute Gasteiger partial charge is 0.447 e. The SMILES string of the molecule is O=C1N[C@H](c2cccc(Br)c2)CO1. The minimum Gasteiger partial charge on any atom is -0.447 e. The van der Waals surface area contributed by atoms with E-state index in [0.717, 1.165) is 10.0 Å². The third kappa shape index (κ3) is 1.83. The number of rotatable bonds is 1. The van der Waals surface area contributed by atoms with Crippen molar-refractivity contribution in [3.05, 3.63) is 34.3 Å². The average molecular weight is 242 g/mol. The van der Waals surface area contributed by atoms with Crippen molar-refractivity contribution in [2.45, 2.75) is 6.04 Å². The van der Waals surface area contributed by atoms with Gasteiger partial charge in [0.1, 0.15) is 6.61 Å². The van der Waals surface area contributed by atoms with Crippen LogP contribution in [0.4, 0.5) is 4.79 Å². The first-order valence-corrected chi connectivity index (χ1v) is 4.74. The molecule has 0 aromatic heterocycles. The Hall–Kier alpha value is -1.03. The third-order valence-corrected chi connectivity index (χ3v) is 2.42. The molecule has 0 bridgehead atoms. The molecule has 1 aromatic carbocycles. The maximum absolute atomic E-state index is 10.8.